The van der Waals surface area contributed by atoms with Crippen molar-refractivity contribution in [1.29, 1.82) is 0 Å². The molecule has 0 unspecified atom stereocenters. The van der Waals surface area contributed by atoms with Crippen molar-refractivity contribution in [2.45, 2.75) is 39.5 Å². The molecule has 0 fully saturated rings. The van der Waals surface area contributed by atoms with Crippen LogP contribution < -0.4 is 5.32 Å². The highest BCUT2D eigenvalue weighted by Crippen LogP contribution is 2.40. The lowest BCUT2D eigenvalue weighted by Crippen LogP contribution is -2.43. The van der Waals surface area contributed by atoms with E-state index in [2.05, 4.69) is 10.3 Å². The van der Waals surface area contributed by atoms with E-state index in [0.717, 1.165) is 16.7 Å². The molecule has 2 aromatic rings. The van der Waals surface area contributed by atoms with Crippen LogP contribution in [0.3, 0.4) is 0 Å². The van der Waals surface area contributed by atoms with Crippen LogP contribution in [0.4, 0.5) is 18.3 Å². The minimum atomic E-state index is -4.52. The van der Waals surface area contributed by atoms with Crippen LogP contribution in [0.15, 0.2) is 12.1 Å². The number of aryl methyl sites for hydroxylation is 1. The van der Waals surface area contributed by atoms with Gasteiger partial charge < -0.3 is 10.2 Å². The number of hydrogen-bond acceptors (Lipinski definition) is 4. The Balaban J connectivity index is 1.99. The van der Waals surface area contributed by atoms with Crippen molar-refractivity contribution in [3.63, 3.8) is 0 Å². The number of halogens is 4. The quantitative estimate of drug-likeness (QED) is 0.791. The summed E-state index contributed by atoms with van der Waals surface area (Å²) < 4.78 is 39.1. The van der Waals surface area contributed by atoms with E-state index in [9.17, 15) is 22.8 Å². The molecule has 2 amide bonds. The van der Waals surface area contributed by atoms with Crippen LogP contribution >= 0.6 is 22.9 Å². The number of aromatic nitrogens is 1. The maximum Gasteiger partial charge on any atom is 0.408 e. The number of benzene rings is 1. The topological polar surface area (TPSA) is 62.3 Å². The summed E-state index contributed by atoms with van der Waals surface area (Å²) in [6.07, 6.45) is -4.52. The fourth-order valence-corrected chi connectivity index (χ4v) is 4.24. The molecule has 0 radical (unpaired) electrons. The Labute approximate surface area is 162 Å². The van der Waals surface area contributed by atoms with E-state index in [4.69, 9.17) is 11.6 Å². The second kappa shape index (κ2) is 6.79. The van der Waals surface area contributed by atoms with Crippen LogP contribution in [0.1, 0.15) is 35.5 Å². The average molecular weight is 418 g/mol. The molecule has 0 saturated carbocycles. The van der Waals surface area contributed by atoms with Crippen LogP contribution in [0.2, 0.25) is 5.02 Å². The Morgan fingerprint density at radius 1 is 1.41 bits per heavy atom. The SMILES string of the molecule is CC(=O)Nc1nc(C)c(-c2cc(Cl)c3c(c2)CN([C@@H](C)C(F)(F)F)C3=O)s1. The molecule has 27 heavy (non-hydrogen) atoms. The van der Waals surface area contributed by atoms with E-state index < -0.39 is 18.1 Å². The summed E-state index contributed by atoms with van der Waals surface area (Å²) in [5.41, 5.74) is 1.82. The Morgan fingerprint density at radius 2 is 2.07 bits per heavy atom. The van der Waals surface area contributed by atoms with E-state index in [1.807, 2.05) is 0 Å². The molecule has 0 aliphatic carbocycles. The van der Waals surface area contributed by atoms with E-state index in [1.54, 1.807) is 13.0 Å². The summed E-state index contributed by atoms with van der Waals surface area (Å²) >= 11 is 7.46. The van der Waals surface area contributed by atoms with Crippen LogP contribution in [0.25, 0.3) is 10.4 Å². The third-order valence-corrected chi connectivity index (χ3v) is 5.69. The molecule has 2 heterocycles. The average Bonchev–Trinajstić information content (AvgIpc) is 3.05. The first-order valence-electron chi connectivity index (χ1n) is 7.94. The van der Waals surface area contributed by atoms with Gasteiger partial charge in [-0.1, -0.05) is 22.9 Å². The first-order chi connectivity index (χ1) is 12.5. The van der Waals surface area contributed by atoms with Gasteiger partial charge >= 0.3 is 6.18 Å². The number of thiazole rings is 1. The molecule has 5 nitrogen and oxygen atoms in total. The van der Waals surface area contributed by atoms with Gasteiger partial charge in [0, 0.05) is 13.5 Å². The maximum atomic E-state index is 13.0. The van der Waals surface area contributed by atoms with Gasteiger partial charge in [0.25, 0.3) is 5.91 Å². The zero-order valence-corrected chi connectivity index (χ0v) is 16.1. The lowest BCUT2D eigenvalue weighted by Gasteiger charge is -2.26. The van der Waals surface area contributed by atoms with Crippen molar-refractivity contribution in [2.24, 2.45) is 0 Å². The van der Waals surface area contributed by atoms with Gasteiger partial charge in [0.15, 0.2) is 5.13 Å². The summed E-state index contributed by atoms with van der Waals surface area (Å²) in [5, 5.41) is 3.10. The molecular formula is C17H15ClF3N3O2S. The molecule has 1 atom stereocenters. The summed E-state index contributed by atoms with van der Waals surface area (Å²) in [5.74, 6) is -0.990. The summed E-state index contributed by atoms with van der Waals surface area (Å²) in [6, 6.07) is 1.28. The largest absolute Gasteiger partial charge is 0.408 e. The molecule has 10 heteroatoms. The normalized spacial score (nSPS) is 15.1. The molecule has 0 bridgehead atoms. The van der Waals surface area contributed by atoms with Gasteiger partial charge in [0.1, 0.15) is 6.04 Å². The molecule has 1 N–H and O–H groups in total. The van der Waals surface area contributed by atoms with E-state index >= 15 is 0 Å². The van der Waals surface area contributed by atoms with Gasteiger partial charge in [-0.25, -0.2) is 4.98 Å². The molecule has 0 saturated heterocycles. The number of carbonyl (C=O) groups excluding carboxylic acids is 2. The molecular weight excluding hydrogens is 403 g/mol. The van der Waals surface area contributed by atoms with Crippen LogP contribution in [0, 0.1) is 6.92 Å². The van der Waals surface area contributed by atoms with Gasteiger partial charge in [-0.2, -0.15) is 13.2 Å². The van der Waals surface area contributed by atoms with E-state index in [0.29, 0.717) is 22.0 Å². The minimum Gasteiger partial charge on any atom is -0.322 e. The third kappa shape index (κ3) is 3.66. The Bertz CT molecular complexity index is 942. The number of nitrogens with one attached hydrogen (secondary N) is 1. The highest BCUT2D eigenvalue weighted by Gasteiger charge is 2.45. The van der Waals surface area contributed by atoms with Gasteiger partial charge in [-0.3, -0.25) is 9.59 Å². The Kier molecular flexibility index (Phi) is 4.94. The molecule has 1 aliphatic rings. The van der Waals surface area contributed by atoms with Crippen molar-refractivity contribution in [2.75, 3.05) is 5.32 Å². The zero-order chi connectivity index (χ0) is 20.1. The van der Waals surface area contributed by atoms with Crippen LogP contribution in [-0.4, -0.2) is 33.9 Å². The van der Waals surface area contributed by atoms with Gasteiger partial charge in [-0.05, 0) is 37.1 Å². The first-order valence-corrected chi connectivity index (χ1v) is 9.14. The monoisotopic (exact) mass is 417 g/mol. The number of amides is 2. The van der Waals surface area contributed by atoms with E-state index in [-0.39, 0.29) is 23.0 Å². The highest BCUT2D eigenvalue weighted by molar-refractivity contribution is 7.19. The van der Waals surface area contributed by atoms with Crippen molar-refractivity contribution in [1.82, 2.24) is 9.88 Å². The molecule has 0 spiro atoms. The predicted octanol–water partition coefficient (Wildman–Crippen LogP) is 4.64. The molecule has 144 valence electrons. The number of hydrogen-bond donors (Lipinski definition) is 1. The van der Waals surface area contributed by atoms with Gasteiger partial charge in [0.05, 0.1) is 21.2 Å². The smallest absolute Gasteiger partial charge is 0.322 e. The third-order valence-electron chi connectivity index (χ3n) is 4.27. The predicted molar refractivity (Wildman–Crippen MR) is 97.0 cm³/mol. The molecule has 1 aromatic carbocycles. The maximum absolute atomic E-state index is 13.0. The number of rotatable bonds is 3. The summed E-state index contributed by atoms with van der Waals surface area (Å²) in [6.45, 7) is 3.90. The lowest BCUT2D eigenvalue weighted by atomic mass is 10.0. The van der Waals surface area contributed by atoms with Crippen LogP contribution in [-0.2, 0) is 11.3 Å². The first kappa shape index (κ1) is 19.6. The lowest BCUT2D eigenvalue weighted by molar-refractivity contribution is -0.172. The van der Waals surface area contributed by atoms with Crippen molar-refractivity contribution in [3.8, 4) is 10.4 Å². The van der Waals surface area contributed by atoms with Crippen molar-refractivity contribution >= 4 is 39.9 Å². The van der Waals surface area contributed by atoms with Crippen molar-refractivity contribution < 1.29 is 22.8 Å². The summed E-state index contributed by atoms with van der Waals surface area (Å²) in [4.78, 5) is 29.4. The Morgan fingerprint density at radius 3 is 2.67 bits per heavy atom. The number of fused-ring (bicyclic) bond motifs is 1. The molecule has 1 aliphatic heterocycles. The second-order valence-electron chi connectivity index (χ2n) is 6.26. The van der Waals surface area contributed by atoms with Gasteiger partial charge in [0.2, 0.25) is 5.91 Å². The fraction of sp³-hybridized carbons (Fsp3) is 0.353. The number of alkyl halides is 3. The highest BCUT2D eigenvalue weighted by atomic mass is 35.5. The minimum absolute atomic E-state index is 0.0956. The summed E-state index contributed by atoms with van der Waals surface area (Å²) in [7, 11) is 0. The fourth-order valence-electron chi connectivity index (χ4n) is 2.92. The zero-order valence-electron chi connectivity index (χ0n) is 14.6. The second-order valence-corrected chi connectivity index (χ2v) is 7.66. The Hall–Kier alpha value is -2.13. The number of anilines is 1. The van der Waals surface area contributed by atoms with Gasteiger partial charge in [-0.15, -0.1) is 0 Å². The van der Waals surface area contributed by atoms with Crippen molar-refractivity contribution in [3.05, 3.63) is 34.0 Å². The van der Waals surface area contributed by atoms with Crippen LogP contribution in [0.5, 0.6) is 0 Å². The number of carbonyl (C=O) groups is 2. The molecule has 1 aromatic heterocycles. The number of nitrogens with zero attached hydrogens (tertiary/aromatic N) is 2. The standard InChI is InChI=1S/C17H15ClF3N3O2S/c1-7-14(27-16(22-7)23-9(3)25)10-4-11-6-24(8(2)17(19,20)21)15(26)13(11)12(18)5-10/h4-5,8H,6H2,1-3H3,(H,22,23,25)/t8-/m0/s1. The van der Waals surface area contributed by atoms with E-state index in [1.165, 1.54) is 24.3 Å². The molecule has 3 rings (SSSR count).